The molecule has 0 amide bonds. The molecule has 5 nitrogen and oxygen atoms in total. The average Bonchev–Trinajstić information content (AvgIpc) is 1.84. The van der Waals surface area contributed by atoms with Crippen LogP contribution in [0.15, 0.2) is 28.7 Å². The van der Waals surface area contributed by atoms with E-state index in [9.17, 15) is 0 Å². The number of phenols is 1. The van der Waals surface area contributed by atoms with E-state index in [-0.39, 0.29) is 0 Å². The second kappa shape index (κ2) is 5.36. The Kier molecular flexibility index (Phi) is 4.78. The van der Waals surface area contributed by atoms with Crippen LogP contribution < -0.4 is 0 Å². The third kappa shape index (κ3) is 6.81. The Bertz CT molecular complexity index is 244. The SMILES string of the molecule is O=[N+]([O-])O.Oc1cccc(Br)c1. The van der Waals surface area contributed by atoms with Gasteiger partial charge < -0.3 is 10.3 Å². The summed E-state index contributed by atoms with van der Waals surface area (Å²) in [4.78, 5) is 8.36. The normalized spacial score (nSPS) is 8.08. The van der Waals surface area contributed by atoms with E-state index in [1.165, 1.54) is 0 Å². The highest BCUT2D eigenvalue weighted by Gasteiger charge is 1.84. The van der Waals surface area contributed by atoms with E-state index < -0.39 is 5.09 Å². The zero-order chi connectivity index (χ0) is 9.56. The van der Waals surface area contributed by atoms with Crippen LogP contribution in [0, 0.1) is 10.1 Å². The number of benzene rings is 1. The molecule has 2 N–H and O–H groups in total. The molecule has 0 saturated carbocycles. The van der Waals surface area contributed by atoms with Crippen LogP contribution in [0.1, 0.15) is 0 Å². The topological polar surface area (TPSA) is 83.6 Å². The highest BCUT2D eigenvalue weighted by molar-refractivity contribution is 9.10. The molecule has 0 heterocycles. The molecule has 0 aliphatic rings. The summed E-state index contributed by atoms with van der Waals surface area (Å²) in [6.45, 7) is 0. The molecular weight excluding hydrogens is 230 g/mol. The van der Waals surface area contributed by atoms with Crippen molar-refractivity contribution in [3.8, 4) is 5.75 Å². The second-order valence-electron chi connectivity index (χ2n) is 1.72. The first-order valence-electron chi connectivity index (χ1n) is 2.80. The molecule has 0 aliphatic carbocycles. The van der Waals surface area contributed by atoms with Crippen molar-refractivity contribution in [3.05, 3.63) is 38.9 Å². The van der Waals surface area contributed by atoms with E-state index in [1.807, 2.05) is 6.07 Å². The van der Waals surface area contributed by atoms with E-state index in [0.29, 0.717) is 5.75 Å². The lowest BCUT2D eigenvalue weighted by Gasteiger charge is -1.88. The van der Waals surface area contributed by atoms with Gasteiger partial charge in [0.25, 0.3) is 5.09 Å². The van der Waals surface area contributed by atoms with Crippen LogP contribution in [0.3, 0.4) is 0 Å². The molecule has 0 radical (unpaired) electrons. The monoisotopic (exact) mass is 235 g/mol. The van der Waals surface area contributed by atoms with Gasteiger partial charge in [-0.3, -0.25) is 0 Å². The maximum absolute atomic E-state index is 8.78. The number of phenolic OH excluding ortho intramolecular Hbond substituents is 1. The predicted molar refractivity (Wildman–Crippen MR) is 44.6 cm³/mol. The number of aromatic hydroxyl groups is 1. The quantitative estimate of drug-likeness (QED) is 0.531. The molecular formula is C6H6BrNO4. The Morgan fingerprint density at radius 1 is 1.50 bits per heavy atom. The van der Waals surface area contributed by atoms with Gasteiger partial charge in [0.15, 0.2) is 0 Å². The molecule has 0 fully saturated rings. The molecule has 0 aromatic heterocycles. The zero-order valence-corrected chi connectivity index (χ0v) is 7.43. The number of halogens is 1. The summed E-state index contributed by atoms with van der Waals surface area (Å²) in [6, 6.07) is 6.91. The Hall–Kier alpha value is -1.30. The van der Waals surface area contributed by atoms with Crippen molar-refractivity contribution in [3.63, 3.8) is 0 Å². The van der Waals surface area contributed by atoms with Crippen LogP contribution in [-0.4, -0.2) is 15.4 Å². The molecule has 0 bridgehead atoms. The van der Waals surface area contributed by atoms with Crippen molar-refractivity contribution in [1.29, 1.82) is 0 Å². The highest BCUT2D eigenvalue weighted by atomic mass is 79.9. The fraction of sp³-hybridized carbons (Fsp3) is 0. The van der Waals surface area contributed by atoms with Crippen LogP contribution in [0.4, 0.5) is 0 Å². The first-order valence-corrected chi connectivity index (χ1v) is 3.59. The summed E-state index contributed by atoms with van der Waals surface area (Å²) in [5.41, 5.74) is 0. The summed E-state index contributed by atoms with van der Waals surface area (Å²) in [5, 5.41) is 22.4. The molecule has 1 aromatic rings. The van der Waals surface area contributed by atoms with Gasteiger partial charge >= 0.3 is 0 Å². The van der Waals surface area contributed by atoms with Crippen molar-refractivity contribution in [2.45, 2.75) is 0 Å². The fourth-order valence-electron chi connectivity index (χ4n) is 0.476. The highest BCUT2D eigenvalue weighted by Crippen LogP contribution is 2.15. The van der Waals surface area contributed by atoms with Gasteiger partial charge in [-0.2, -0.15) is 0 Å². The van der Waals surface area contributed by atoms with Crippen LogP contribution in [-0.2, 0) is 0 Å². The lowest BCUT2D eigenvalue weighted by atomic mass is 10.3. The number of nitrogens with zero attached hydrogens (tertiary/aromatic N) is 1. The molecule has 1 rings (SSSR count). The Morgan fingerprint density at radius 2 is 2.00 bits per heavy atom. The van der Waals surface area contributed by atoms with E-state index >= 15 is 0 Å². The number of hydrogen-bond donors (Lipinski definition) is 2. The fourth-order valence-corrected chi connectivity index (χ4v) is 0.863. The van der Waals surface area contributed by atoms with Gasteiger partial charge in [-0.15, -0.1) is 10.1 Å². The van der Waals surface area contributed by atoms with Crippen molar-refractivity contribution in [1.82, 2.24) is 0 Å². The van der Waals surface area contributed by atoms with E-state index in [1.54, 1.807) is 18.2 Å². The molecule has 1 aromatic carbocycles. The summed E-state index contributed by atoms with van der Waals surface area (Å²) in [5.74, 6) is 0.291. The molecule has 0 spiro atoms. The molecule has 6 heteroatoms. The standard InChI is InChI=1S/C6H5BrO.HNO3/c7-5-2-1-3-6(8)4-5;2-1(3)4/h1-4,8H;(H,2,3,4). The van der Waals surface area contributed by atoms with E-state index in [4.69, 9.17) is 20.4 Å². The summed E-state index contributed by atoms with van der Waals surface area (Å²) in [6.07, 6.45) is 0. The lowest BCUT2D eigenvalue weighted by Crippen LogP contribution is -1.81. The van der Waals surface area contributed by atoms with Crippen molar-refractivity contribution >= 4 is 15.9 Å². The van der Waals surface area contributed by atoms with Gasteiger partial charge in [-0.05, 0) is 18.2 Å². The van der Waals surface area contributed by atoms with Gasteiger partial charge in [-0.1, -0.05) is 22.0 Å². The van der Waals surface area contributed by atoms with Gasteiger partial charge in [0.2, 0.25) is 0 Å². The summed E-state index contributed by atoms with van der Waals surface area (Å²) >= 11 is 3.20. The summed E-state index contributed by atoms with van der Waals surface area (Å²) in [7, 11) is 0. The maximum atomic E-state index is 8.78. The Labute approximate surface area is 76.5 Å². The van der Waals surface area contributed by atoms with Crippen LogP contribution in [0.2, 0.25) is 0 Å². The van der Waals surface area contributed by atoms with E-state index in [2.05, 4.69) is 15.9 Å². The van der Waals surface area contributed by atoms with E-state index in [0.717, 1.165) is 4.47 Å². The van der Waals surface area contributed by atoms with Gasteiger partial charge in [0.05, 0.1) is 0 Å². The average molecular weight is 236 g/mol. The maximum Gasteiger partial charge on any atom is 0.291 e. The van der Waals surface area contributed by atoms with Crippen LogP contribution in [0.25, 0.3) is 0 Å². The lowest BCUT2D eigenvalue weighted by molar-refractivity contribution is -0.742. The van der Waals surface area contributed by atoms with Gasteiger partial charge in [0, 0.05) is 4.47 Å². The minimum absolute atomic E-state index is 0.291. The minimum Gasteiger partial charge on any atom is -0.508 e. The number of rotatable bonds is 0. The molecule has 0 saturated heterocycles. The molecule has 0 unspecified atom stereocenters. The summed E-state index contributed by atoms with van der Waals surface area (Å²) < 4.78 is 0.900. The predicted octanol–water partition coefficient (Wildman–Crippen LogP) is 1.81. The Balaban J connectivity index is 0.000000261. The van der Waals surface area contributed by atoms with Crippen molar-refractivity contribution in [2.24, 2.45) is 0 Å². The van der Waals surface area contributed by atoms with Crippen LogP contribution >= 0.6 is 15.9 Å². The molecule has 12 heavy (non-hydrogen) atoms. The first kappa shape index (κ1) is 10.7. The second-order valence-corrected chi connectivity index (χ2v) is 2.63. The first-order chi connectivity index (χ1) is 5.52. The molecule has 0 atom stereocenters. The van der Waals surface area contributed by atoms with Crippen LogP contribution in [0.5, 0.6) is 5.75 Å². The minimum atomic E-state index is -1.50. The molecule has 66 valence electrons. The van der Waals surface area contributed by atoms with Crippen molar-refractivity contribution < 1.29 is 15.4 Å². The zero-order valence-electron chi connectivity index (χ0n) is 5.85. The van der Waals surface area contributed by atoms with Gasteiger partial charge in [-0.25, -0.2) is 0 Å². The number of hydrogen-bond acceptors (Lipinski definition) is 3. The third-order valence-corrected chi connectivity index (χ3v) is 1.30. The smallest absolute Gasteiger partial charge is 0.291 e. The molecule has 0 aliphatic heterocycles. The van der Waals surface area contributed by atoms with Gasteiger partial charge in [0.1, 0.15) is 5.75 Å². The third-order valence-electron chi connectivity index (χ3n) is 0.808. The van der Waals surface area contributed by atoms with Crippen molar-refractivity contribution in [2.75, 3.05) is 0 Å². The Morgan fingerprint density at radius 3 is 2.25 bits per heavy atom. The largest absolute Gasteiger partial charge is 0.508 e.